The van der Waals surface area contributed by atoms with E-state index in [0.717, 1.165) is 34.7 Å². The van der Waals surface area contributed by atoms with Crippen LogP contribution in [-0.4, -0.2) is 34.2 Å². The fourth-order valence-electron chi connectivity index (χ4n) is 4.71. The van der Waals surface area contributed by atoms with Gasteiger partial charge in [0.1, 0.15) is 0 Å². The number of hydrazone groups is 1. The molecule has 3 aromatic carbocycles. The Balaban J connectivity index is 1.71. The normalized spacial score (nSPS) is 15.1. The molecule has 0 bridgehead atoms. The molecule has 37 heavy (non-hydrogen) atoms. The van der Waals surface area contributed by atoms with Gasteiger partial charge in [0.25, 0.3) is 0 Å². The highest BCUT2D eigenvalue weighted by molar-refractivity contribution is 6.01. The third kappa shape index (κ3) is 5.74. The quantitative estimate of drug-likeness (QED) is 0.281. The molecule has 0 N–H and O–H groups in total. The lowest BCUT2D eigenvalue weighted by atomic mass is 9.99. The summed E-state index contributed by atoms with van der Waals surface area (Å²) in [6, 6.07) is 20.5. The Morgan fingerprint density at radius 2 is 1.49 bits per heavy atom. The molecule has 0 fully saturated rings. The average Bonchev–Trinajstić information content (AvgIpc) is 3.38. The molecule has 4 rings (SSSR count). The van der Waals surface area contributed by atoms with Gasteiger partial charge >= 0.3 is 0 Å². The minimum atomic E-state index is -0.0432. The maximum absolute atomic E-state index is 5.80. The lowest BCUT2D eigenvalue weighted by Gasteiger charge is -2.26. The minimum absolute atomic E-state index is 0.0432. The topological polar surface area (TPSA) is 52.5 Å². The van der Waals surface area contributed by atoms with E-state index >= 15 is 0 Å². The fraction of sp³-hybridized carbons (Fsp3) is 0.323. The first-order chi connectivity index (χ1) is 18.1. The van der Waals surface area contributed by atoms with E-state index in [0.29, 0.717) is 23.7 Å². The molecule has 0 aromatic heterocycles. The van der Waals surface area contributed by atoms with Crippen LogP contribution in [0.25, 0.3) is 6.08 Å². The number of methoxy groups -OCH3 is 4. The first-order valence-corrected chi connectivity index (χ1v) is 12.7. The molecular weight excluding hydrogens is 464 g/mol. The molecule has 1 aliphatic heterocycles. The number of ether oxygens (including phenoxy) is 4. The third-order valence-electron chi connectivity index (χ3n) is 6.63. The van der Waals surface area contributed by atoms with Crippen molar-refractivity contribution >= 4 is 17.5 Å². The van der Waals surface area contributed by atoms with E-state index in [-0.39, 0.29) is 6.04 Å². The molecule has 0 spiro atoms. The molecule has 0 saturated heterocycles. The molecule has 6 nitrogen and oxygen atoms in total. The number of aryl methyl sites for hydroxylation is 1. The molecule has 1 unspecified atom stereocenters. The van der Waals surface area contributed by atoms with Gasteiger partial charge in [0.05, 0.1) is 45.9 Å². The number of para-hydroxylation sites is 2. The van der Waals surface area contributed by atoms with E-state index < -0.39 is 0 Å². The highest BCUT2D eigenvalue weighted by Gasteiger charge is 2.31. The van der Waals surface area contributed by atoms with E-state index in [9.17, 15) is 0 Å². The lowest BCUT2D eigenvalue weighted by molar-refractivity contribution is 0.349. The van der Waals surface area contributed by atoms with E-state index in [2.05, 4.69) is 42.3 Å². The maximum Gasteiger partial charge on any atom is 0.167 e. The Morgan fingerprint density at radius 1 is 0.811 bits per heavy atom. The summed E-state index contributed by atoms with van der Waals surface area (Å²) in [6.07, 6.45) is 8.24. The standard InChI is InChI=1S/C31H36N2O4/c1-6-7-10-22-15-19-25(20-16-22)33-27(26-12-9-14-29(35-3)31(26)37-5)21-24(32-33)18-17-23-11-8-13-28(34-2)30(23)36-4/h8-9,11-20,27H,6-7,10,21H2,1-5H3. The van der Waals surface area contributed by atoms with Gasteiger partial charge in [-0.05, 0) is 54.8 Å². The zero-order valence-corrected chi connectivity index (χ0v) is 22.4. The molecule has 0 aliphatic carbocycles. The van der Waals surface area contributed by atoms with Crippen LogP contribution in [0.2, 0.25) is 0 Å². The number of unbranched alkanes of at least 4 members (excludes halogenated alkanes) is 1. The van der Waals surface area contributed by atoms with Crippen LogP contribution in [-0.2, 0) is 6.42 Å². The maximum atomic E-state index is 5.80. The minimum Gasteiger partial charge on any atom is -0.493 e. The summed E-state index contributed by atoms with van der Waals surface area (Å²) in [5.74, 6) is 2.83. The number of anilines is 1. The smallest absolute Gasteiger partial charge is 0.167 e. The monoisotopic (exact) mass is 500 g/mol. The van der Waals surface area contributed by atoms with Crippen molar-refractivity contribution in [3.8, 4) is 23.0 Å². The van der Waals surface area contributed by atoms with Crippen LogP contribution in [0.5, 0.6) is 23.0 Å². The van der Waals surface area contributed by atoms with Gasteiger partial charge in [0, 0.05) is 17.5 Å². The number of hydrogen-bond donors (Lipinski definition) is 0. The van der Waals surface area contributed by atoms with Gasteiger partial charge < -0.3 is 18.9 Å². The van der Waals surface area contributed by atoms with E-state index in [1.807, 2.05) is 42.5 Å². The summed E-state index contributed by atoms with van der Waals surface area (Å²) < 4.78 is 22.4. The number of allylic oxidation sites excluding steroid dienone is 1. The number of rotatable bonds is 11. The predicted molar refractivity (Wildman–Crippen MR) is 150 cm³/mol. The molecule has 1 atom stereocenters. The van der Waals surface area contributed by atoms with Gasteiger partial charge in [-0.3, -0.25) is 5.01 Å². The first kappa shape index (κ1) is 26.1. The highest BCUT2D eigenvalue weighted by Crippen LogP contribution is 2.43. The van der Waals surface area contributed by atoms with Crippen molar-refractivity contribution in [2.75, 3.05) is 33.4 Å². The second-order valence-electron chi connectivity index (χ2n) is 8.92. The van der Waals surface area contributed by atoms with Crippen LogP contribution < -0.4 is 24.0 Å². The average molecular weight is 501 g/mol. The van der Waals surface area contributed by atoms with Crippen molar-refractivity contribution in [2.24, 2.45) is 5.10 Å². The van der Waals surface area contributed by atoms with Crippen molar-refractivity contribution < 1.29 is 18.9 Å². The van der Waals surface area contributed by atoms with Crippen LogP contribution >= 0.6 is 0 Å². The number of nitrogens with zero attached hydrogens (tertiary/aromatic N) is 2. The Hall–Kier alpha value is -3.93. The molecule has 0 saturated carbocycles. The molecule has 6 heteroatoms. The Morgan fingerprint density at radius 3 is 2.14 bits per heavy atom. The van der Waals surface area contributed by atoms with E-state index in [4.69, 9.17) is 24.0 Å². The van der Waals surface area contributed by atoms with E-state index in [1.165, 1.54) is 18.4 Å². The van der Waals surface area contributed by atoms with Crippen LogP contribution in [0.15, 0.2) is 71.8 Å². The van der Waals surface area contributed by atoms with Crippen molar-refractivity contribution in [1.82, 2.24) is 0 Å². The Bertz CT molecular complexity index is 1250. The molecule has 194 valence electrons. The summed E-state index contributed by atoms with van der Waals surface area (Å²) in [4.78, 5) is 0. The van der Waals surface area contributed by atoms with Crippen LogP contribution in [0.1, 0.15) is 48.9 Å². The zero-order chi connectivity index (χ0) is 26.2. The van der Waals surface area contributed by atoms with Crippen molar-refractivity contribution in [2.45, 2.75) is 38.6 Å². The third-order valence-corrected chi connectivity index (χ3v) is 6.63. The second kappa shape index (κ2) is 12.3. The van der Waals surface area contributed by atoms with E-state index in [1.54, 1.807) is 28.4 Å². The Labute approximate surface area is 220 Å². The largest absolute Gasteiger partial charge is 0.493 e. The van der Waals surface area contributed by atoms with Crippen molar-refractivity contribution in [1.29, 1.82) is 0 Å². The van der Waals surface area contributed by atoms with Crippen molar-refractivity contribution in [3.05, 3.63) is 83.4 Å². The molecule has 0 amide bonds. The first-order valence-electron chi connectivity index (χ1n) is 12.7. The predicted octanol–water partition coefficient (Wildman–Crippen LogP) is 7.08. The molecule has 1 aliphatic rings. The van der Waals surface area contributed by atoms with Gasteiger partial charge in [0.2, 0.25) is 0 Å². The Kier molecular flexibility index (Phi) is 8.72. The van der Waals surface area contributed by atoms with Gasteiger partial charge in [-0.2, -0.15) is 5.10 Å². The lowest BCUT2D eigenvalue weighted by Crippen LogP contribution is -2.19. The van der Waals surface area contributed by atoms with Crippen LogP contribution in [0.3, 0.4) is 0 Å². The summed E-state index contributed by atoms with van der Waals surface area (Å²) in [5, 5.41) is 7.13. The van der Waals surface area contributed by atoms with Crippen LogP contribution in [0.4, 0.5) is 5.69 Å². The van der Waals surface area contributed by atoms with Crippen molar-refractivity contribution in [3.63, 3.8) is 0 Å². The van der Waals surface area contributed by atoms with Gasteiger partial charge in [0.15, 0.2) is 23.0 Å². The SMILES string of the molecule is CCCCc1ccc(N2N=C(C=Cc3cccc(OC)c3OC)CC2c2cccc(OC)c2OC)cc1. The summed E-state index contributed by atoms with van der Waals surface area (Å²) >= 11 is 0. The zero-order valence-electron chi connectivity index (χ0n) is 22.4. The molecule has 0 radical (unpaired) electrons. The van der Waals surface area contributed by atoms with Gasteiger partial charge in [-0.15, -0.1) is 0 Å². The fourth-order valence-corrected chi connectivity index (χ4v) is 4.71. The summed E-state index contributed by atoms with van der Waals surface area (Å²) in [6.45, 7) is 2.22. The molecule has 3 aromatic rings. The van der Waals surface area contributed by atoms with Gasteiger partial charge in [-0.1, -0.05) is 49.7 Å². The van der Waals surface area contributed by atoms with Gasteiger partial charge in [-0.25, -0.2) is 0 Å². The van der Waals surface area contributed by atoms with Crippen LogP contribution in [0, 0.1) is 0 Å². The number of hydrogen-bond acceptors (Lipinski definition) is 6. The molecule has 1 heterocycles. The second-order valence-corrected chi connectivity index (χ2v) is 8.92. The summed E-state index contributed by atoms with van der Waals surface area (Å²) in [5.41, 5.74) is 5.30. The molecular formula is C31H36N2O4. The highest BCUT2D eigenvalue weighted by atomic mass is 16.5. The summed E-state index contributed by atoms with van der Waals surface area (Å²) in [7, 11) is 6.64. The number of benzene rings is 3.